The van der Waals surface area contributed by atoms with Crippen molar-refractivity contribution < 1.29 is 0 Å². The number of thioether (sulfide) groups is 1. The van der Waals surface area contributed by atoms with Crippen LogP contribution in [0, 0.1) is 0 Å². The third-order valence-electron chi connectivity index (χ3n) is 2.24. The summed E-state index contributed by atoms with van der Waals surface area (Å²) in [6.07, 6.45) is 2.25. The van der Waals surface area contributed by atoms with E-state index in [4.69, 9.17) is 5.73 Å². The van der Waals surface area contributed by atoms with Crippen LogP contribution >= 0.6 is 39.0 Å². The fourth-order valence-electron chi connectivity index (χ4n) is 1.36. The number of rotatable bonds is 6. The van der Waals surface area contributed by atoms with Crippen molar-refractivity contribution in [1.29, 1.82) is 0 Å². The lowest BCUT2D eigenvalue weighted by atomic mass is 10.1. The molecule has 1 aromatic heterocycles. The second-order valence-corrected chi connectivity index (χ2v) is 7.25. The summed E-state index contributed by atoms with van der Waals surface area (Å²) in [7, 11) is 0. The Bertz CT molecular complexity index is 288. The van der Waals surface area contributed by atoms with Gasteiger partial charge >= 0.3 is 0 Å². The summed E-state index contributed by atoms with van der Waals surface area (Å²) in [4.78, 5) is 1.40. The van der Waals surface area contributed by atoms with Crippen molar-refractivity contribution in [3.05, 3.63) is 20.8 Å². The zero-order valence-corrected chi connectivity index (χ0v) is 12.4. The molecule has 0 bridgehead atoms. The van der Waals surface area contributed by atoms with E-state index in [9.17, 15) is 0 Å². The topological polar surface area (TPSA) is 26.0 Å². The van der Waals surface area contributed by atoms with Gasteiger partial charge in [0.05, 0.1) is 9.04 Å². The van der Waals surface area contributed by atoms with E-state index in [-0.39, 0.29) is 6.04 Å². The highest BCUT2D eigenvalue weighted by Crippen LogP contribution is 2.38. The Morgan fingerprint density at radius 1 is 1.47 bits per heavy atom. The Labute approximate surface area is 109 Å². The van der Waals surface area contributed by atoms with Gasteiger partial charge in [0, 0.05) is 10.9 Å². The molecule has 0 saturated carbocycles. The van der Waals surface area contributed by atoms with E-state index in [2.05, 4.69) is 41.9 Å². The molecule has 2 N–H and O–H groups in total. The molecule has 0 amide bonds. The summed E-state index contributed by atoms with van der Waals surface area (Å²) < 4.78 is 1.20. The number of hydrogen-bond acceptors (Lipinski definition) is 3. The van der Waals surface area contributed by atoms with E-state index in [1.165, 1.54) is 20.8 Å². The molecule has 15 heavy (non-hydrogen) atoms. The highest BCUT2D eigenvalue weighted by atomic mass is 79.9. The Balaban J connectivity index is 2.71. The van der Waals surface area contributed by atoms with Gasteiger partial charge in [-0.3, -0.25) is 0 Å². The Kier molecular flexibility index (Phi) is 6.27. The molecular weight excluding hydrogens is 290 g/mol. The van der Waals surface area contributed by atoms with Gasteiger partial charge in [-0.05, 0) is 46.7 Å². The van der Waals surface area contributed by atoms with E-state index < -0.39 is 0 Å². The number of hydrogen-bond donors (Lipinski definition) is 1. The third-order valence-corrected chi connectivity index (χ3v) is 5.70. The minimum atomic E-state index is 0.270. The molecule has 0 fully saturated rings. The average molecular weight is 308 g/mol. The number of nitrogens with two attached hydrogens (primary N) is 1. The summed E-state index contributed by atoms with van der Waals surface area (Å²) in [6, 6.07) is 4.58. The fraction of sp³-hybridized carbons (Fsp3) is 0.636. The summed E-state index contributed by atoms with van der Waals surface area (Å²) in [6.45, 7) is 4.37. The Morgan fingerprint density at radius 3 is 2.67 bits per heavy atom. The van der Waals surface area contributed by atoms with Crippen molar-refractivity contribution in [3.8, 4) is 0 Å². The zero-order valence-electron chi connectivity index (χ0n) is 9.20. The van der Waals surface area contributed by atoms with E-state index >= 15 is 0 Å². The van der Waals surface area contributed by atoms with Crippen molar-refractivity contribution in [2.24, 2.45) is 5.73 Å². The first-order valence-corrected chi connectivity index (χ1v) is 7.97. The maximum atomic E-state index is 6.17. The van der Waals surface area contributed by atoms with Crippen LogP contribution in [0.4, 0.5) is 0 Å². The first-order valence-electron chi connectivity index (χ1n) is 5.31. The lowest BCUT2D eigenvalue weighted by Gasteiger charge is -2.21. The first kappa shape index (κ1) is 13.6. The van der Waals surface area contributed by atoms with Crippen LogP contribution in [-0.2, 0) is 0 Å². The van der Waals surface area contributed by atoms with Gasteiger partial charge in [0.1, 0.15) is 0 Å². The molecule has 1 rings (SSSR count). The lowest BCUT2D eigenvalue weighted by molar-refractivity contribution is 0.639. The monoisotopic (exact) mass is 307 g/mol. The fourth-order valence-corrected chi connectivity index (χ4v) is 4.36. The van der Waals surface area contributed by atoms with Gasteiger partial charge in [-0.2, -0.15) is 11.8 Å². The van der Waals surface area contributed by atoms with Crippen LogP contribution in [0.2, 0.25) is 0 Å². The molecule has 0 aliphatic rings. The second-order valence-electron chi connectivity index (χ2n) is 3.51. The van der Waals surface area contributed by atoms with Crippen LogP contribution < -0.4 is 5.73 Å². The van der Waals surface area contributed by atoms with Gasteiger partial charge in [0.15, 0.2) is 0 Å². The van der Waals surface area contributed by atoms with Crippen LogP contribution in [0.25, 0.3) is 0 Å². The minimum Gasteiger partial charge on any atom is -0.326 e. The number of halogens is 1. The molecule has 2 atom stereocenters. The summed E-state index contributed by atoms with van der Waals surface area (Å²) in [5, 5.41) is 0.464. The normalized spacial score (nSPS) is 15.2. The van der Waals surface area contributed by atoms with Crippen molar-refractivity contribution in [3.63, 3.8) is 0 Å². The molecule has 0 aliphatic carbocycles. The van der Waals surface area contributed by atoms with Crippen LogP contribution in [0.3, 0.4) is 0 Å². The standard InChI is InChI=1S/C11H18BrNS2/c1-3-7-14-11(8(13)4-2)9-5-6-10(12)15-9/h5-6,8,11H,3-4,7,13H2,1-2H3. The third kappa shape index (κ3) is 4.10. The summed E-state index contributed by atoms with van der Waals surface area (Å²) >= 11 is 7.30. The van der Waals surface area contributed by atoms with Gasteiger partial charge in [0.2, 0.25) is 0 Å². The van der Waals surface area contributed by atoms with E-state index in [1.54, 1.807) is 11.3 Å². The van der Waals surface area contributed by atoms with E-state index in [0.29, 0.717) is 5.25 Å². The van der Waals surface area contributed by atoms with Gasteiger partial charge in [0.25, 0.3) is 0 Å². The van der Waals surface area contributed by atoms with Crippen LogP contribution in [0.5, 0.6) is 0 Å². The molecule has 0 aromatic carbocycles. The van der Waals surface area contributed by atoms with Gasteiger partial charge in [-0.25, -0.2) is 0 Å². The Hall–Kier alpha value is 0.490. The van der Waals surface area contributed by atoms with Crippen LogP contribution in [-0.4, -0.2) is 11.8 Å². The van der Waals surface area contributed by atoms with Gasteiger partial charge < -0.3 is 5.73 Å². The number of thiophene rings is 1. The SMILES string of the molecule is CCCSC(c1ccc(Br)s1)C(N)CC. The van der Waals surface area contributed by atoms with Crippen LogP contribution in [0.1, 0.15) is 36.8 Å². The van der Waals surface area contributed by atoms with Crippen molar-refractivity contribution in [1.82, 2.24) is 0 Å². The first-order chi connectivity index (χ1) is 7.19. The van der Waals surface area contributed by atoms with Gasteiger partial charge in [-0.15, -0.1) is 11.3 Å². The van der Waals surface area contributed by atoms with E-state index in [0.717, 1.165) is 6.42 Å². The molecule has 0 radical (unpaired) electrons. The van der Waals surface area contributed by atoms with Crippen LogP contribution in [0.15, 0.2) is 15.9 Å². The summed E-state index contributed by atoms with van der Waals surface area (Å²) in [5.74, 6) is 1.19. The van der Waals surface area contributed by atoms with Crippen molar-refractivity contribution in [2.75, 3.05) is 5.75 Å². The largest absolute Gasteiger partial charge is 0.326 e. The van der Waals surface area contributed by atoms with Crippen molar-refractivity contribution >= 4 is 39.0 Å². The molecule has 0 saturated heterocycles. The minimum absolute atomic E-state index is 0.270. The van der Waals surface area contributed by atoms with Crippen molar-refractivity contribution in [2.45, 2.75) is 38.0 Å². The highest BCUT2D eigenvalue weighted by Gasteiger charge is 2.20. The summed E-state index contributed by atoms with van der Waals surface area (Å²) in [5.41, 5.74) is 6.17. The lowest BCUT2D eigenvalue weighted by Crippen LogP contribution is -2.25. The molecule has 0 spiro atoms. The van der Waals surface area contributed by atoms with Gasteiger partial charge in [-0.1, -0.05) is 13.8 Å². The predicted octanol–water partition coefficient (Wildman–Crippen LogP) is 4.43. The molecule has 1 nitrogen and oxygen atoms in total. The maximum absolute atomic E-state index is 6.17. The molecule has 1 aromatic rings. The average Bonchev–Trinajstić information content (AvgIpc) is 2.65. The molecular formula is C11H18BrNS2. The zero-order chi connectivity index (χ0) is 11.3. The second kappa shape index (κ2) is 6.94. The molecule has 2 unspecified atom stereocenters. The van der Waals surface area contributed by atoms with E-state index in [1.807, 2.05) is 11.8 Å². The smallest absolute Gasteiger partial charge is 0.0701 e. The Morgan fingerprint density at radius 2 is 2.20 bits per heavy atom. The highest BCUT2D eigenvalue weighted by molar-refractivity contribution is 9.11. The molecule has 0 aliphatic heterocycles. The quantitative estimate of drug-likeness (QED) is 0.841. The predicted molar refractivity (Wildman–Crippen MR) is 75.8 cm³/mol. The maximum Gasteiger partial charge on any atom is 0.0701 e. The molecule has 1 heterocycles. The molecule has 4 heteroatoms. The molecule has 86 valence electrons.